The number of rotatable bonds is 6. The third-order valence-electron chi connectivity index (χ3n) is 16.3. The van der Waals surface area contributed by atoms with E-state index in [1.165, 1.54) is 111 Å². The molecule has 0 aliphatic heterocycles. The summed E-state index contributed by atoms with van der Waals surface area (Å²) in [6.07, 6.45) is 0. The molecule has 356 valence electrons. The van der Waals surface area contributed by atoms with Crippen LogP contribution in [0.5, 0.6) is 0 Å². The molecule has 0 N–H and O–H groups in total. The SMILES string of the molecule is CC(C)(C)c1ccc(C(c2ccc(C(C)(C)C)cc2)c2cc3c(c4ccccc24)-c2cc4c(cc2C3(C)C)-c2ccc(N(c3ccc(C(C)(C)C)cc3)c3ccc(C(C)(C)C)cc3)cc2C4(C)C)cc1. The first-order chi connectivity index (χ1) is 32.7. The van der Waals surface area contributed by atoms with Crippen LogP contribution in [0.2, 0.25) is 0 Å². The molecule has 0 spiro atoms. The van der Waals surface area contributed by atoms with Crippen molar-refractivity contribution in [1.82, 2.24) is 0 Å². The molecular weight excluding hydrogens is 843 g/mol. The van der Waals surface area contributed by atoms with Gasteiger partial charge in [0.15, 0.2) is 0 Å². The fraction of sp³-hybridized carbons (Fsp3) is 0.333. The van der Waals surface area contributed by atoms with Crippen LogP contribution in [0.25, 0.3) is 33.0 Å². The second-order valence-electron chi connectivity index (χ2n) is 26.0. The van der Waals surface area contributed by atoms with Crippen molar-refractivity contribution < 1.29 is 0 Å². The molecule has 2 aliphatic rings. The predicted molar refractivity (Wildman–Crippen MR) is 302 cm³/mol. The molecule has 0 fully saturated rings. The van der Waals surface area contributed by atoms with Crippen LogP contribution >= 0.6 is 0 Å². The van der Waals surface area contributed by atoms with Gasteiger partial charge in [-0.15, -0.1) is 0 Å². The highest BCUT2D eigenvalue weighted by molar-refractivity contribution is 6.05. The Labute approximate surface area is 421 Å². The van der Waals surface area contributed by atoms with Crippen molar-refractivity contribution in [2.45, 2.75) is 149 Å². The number of hydrogen-bond acceptors (Lipinski definition) is 1. The van der Waals surface area contributed by atoms with Gasteiger partial charge in [-0.05, 0) is 164 Å². The van der Waals surface area contributed by atoms with Gasteiger partial charge in [0.2, 0.25) is 0 Å². The molecule has 0 bridgehead atoms. The molecule has 0 amide bonds. The average molecular weight is 918 g/mol. The standard InChI is InChI=1S/C69H75N/c1-64(2,3)45-25-21-43(22-26-45)62(44-23-27-46(28-24-44)65(4,5)6)56-41-61-63(54-20-18-17-19-52(54)56)57-42-59-55(40-60(57)69(61,15)16)53-38-37-51(39-58(53)68(59,13)14)70(49-33-29-47(30-34-49)66(7,8)9)50-35-31-48(32-36-50)67(10,11)12/h17-42,62H,1-16H3. The molecule has 8 aromatic rings. The molecule has 1 nitrogen and oxygen atoms in total. The molecule has 0 radical (unpaired) electrons. The first-order valence-corrected chi connectivity index (χ1v) is 25.9. The summed E-state index contributed by atoms with van der Waals surface area (Å²) in [6, 6.07) is 61.7. The lowest BCUT2D eigenvalue weighted by Gasteiger charge is -2.29. The largest absolute Gasteiger partial charge is 0.310 e. The maximum atomic E-state index is 2.60. The Kier molecular flexibility index (Phi) is 11.0. The van der Waals surface area contributed by atoms with Crippen molar-refractivity contribution >= 4 is 27.8 Å². The lowest BCUT2D eigenvalue weighted by atomic mass is 9.76. The van der Waals surface area contributed by atoms with E-state index in [1.54, 1.807) is 0 Å². The summed E-state index contributed by atoms with van der Waals surface area (Å²) >= 11 is 0. The normalized spacial score (nSPS) is 14.9. The van der Waals surface area contributed by atoms with Gasteiger partial charge in [-0.3, -0.25) is 0 Å². The molecule has 70 heavy (non-hydrogen) atoms. The van der Waals surface area contributed by atoms with E-state index >= 15 is 0 Å². The third kappa shape index (κ3) is 7.93. The molecule has 0 heterocycles. The first-order valence-electron chi connectivity index (χ1n) is 25.9. The van der Waals surface area contributed by atoms with Crippen molar-refractivity contribution in [1.29, 1.82) is 0 Å². The number of anilines is 3. The van der Waals surface area contributed by atoms with E-state index in [4.69, 9.17) is 0 Å². The number of nitrogens with zero attached hydrogens (tertiary/aromatic N) is 1. The van der Waals surface area contributed by atoms with E-state index in [-0.39, 0.29) is 38.4 Å². The number of fused-ring (bicyclic) bond motifs is 8. The van der Waals surface area contributed by atoms with Gasteiger partial charge in [-0.1, -0.05) is 220 Å². The zero-order chi connectivity index (χ0) is 50.1. The fourth-order valence-corrected chi connectivity index (χ4v) is 11.8. The van der Waals surface area contributed by atoms with Crippen LogP contribution in [-0.2, 0) is 32.5 Å². The van der Waals surface area contributed by atoms with Crippen LogP contribution in [0.3, 0.4) is 0 Å². The van der Waals surface area contributed by atoms with E-state index in [0.717, 1.165) is 0 Å². The molecule has 0 unspecified atom stereocenters. The lowest BCUT2D eigenvalue weighted by Crippen LogP contribution is -2.18. The second kappa shape index (κ2) is 16.2. The molecule has 2 aliphatic carbocycles. The van der Waals surface area contributed by atoms with Crippen molar-refractivity contribution in [3.63, 3.8) is 0 Å². The van der Waals surface area contributed by atoms with E-state index < -0.39 is 0 Å². The van der Waals surface area contributed by atoms with E-state index in [9.17, 15) is 0 Å². The van der Waals surface area contributed by atoms with Gasteiger partial charge >= 0.3 is 0 Å². The van der Waals surface area contributed by atoms with Crippen molar-refractivity contribution in [3.8, 4) is 22.3 Å². The van der Waals surface area contributed by atoms with Crippen LogP contribution in [0.4, 0.5) is 17.1 Å². The summed E-state index contributed by atoms with van der Waals surface area (Å²) in [5.41, 5.74) is 23.9. The monoisotopic (exact) mass is 918 g/mol. The zero-order valence-electron chi connectivity index (χ0n) is 45.0. The molecule has 0 atom stereocenters. The lowest BCUT2D eigenvalue weighted by molar-refractivity contribution is 0.589. The zero-order valence-corrected chi connectivity index (χ0v) is 45.0. The molecule has 0 saturated carbocycles. The highest BCUT2D eigenvalue weighted by atomic mass is 15.1. The Morgan fingerprint density at radius 1 is 0.343 bits per heavy atom. The molecule has 0 aromatic heterocycles. The fourth-order valence-electron chi connectivity index (χ4n) is 11.8. The maximum Gasteiger partial charge on any atom is 0.0465 e. The average Bonchev–Trinajstić information content (AvgIpc) is 3.66. The van der Waals surface area contributed by atoms with Gasteiger partial charge in [0.1, 0.15) is 0 Å². The minimum Gasteiger partial charge on any atom is -0.310 e. The molecule has 10 rings (SSSR count). The Bertz CT molecular complexity index is 3180. The quantitative estimate of drug-likeness (QED) is 0.150. The highest BCUT2D eigenvalue weighted by Crippen LogP contribution is 2.59. The van der Waals surface area contributed by atoms with E-state index in [0.29, 0.717) is 0 Å². The van der Waals surface area contributed by atoms with Gasteiger partial charge in [-0.2, -0.15) is 0 Å². The summed E-state index contributed by atoms with van der Waals surface area (Å²) in [4.78, 5) is 2.45. The van der Waals surface area contributed by atoms with Gasteiger partial charge in [0.05, 0.1) is 0 Å². The number of hydrogen-bond donors (Lipinski definition) is 0. The minimum atomic E-state index is -0.225. The number of benzene rings is 8. The van der Waals surface area contributed by atoms with Gasteiger partial charge < -0.3 is 4.90 Å². The molecule has 1 heteroatoms. The minimum absolute atomic E-state index is 0.0650. The summed E-state index contributed by atoms with van der Waals surface area (Å²) in [6.45, 7) is 37.4. The summed E-state index contributed by atoms with van der Waals surface area (Å²) in [5, 5.41) is 2.67. The van der Waals surface area contributed by atoms with Gasteiger partial charge in [-0.25, -0.2) is 0 Å². The van der Waals surface area contributed by atoms with Crippen molar-refractivity contribution in [2.24, 2.45) is 0 Å². The third-order valence-corrected chi connectivity index (χ3v) is 16.3. The summed E-state index contributed by atoms with van der Waals surface area (Å²) in [7, 11) is 0. The Morgan fingerprint density at radius 3 is 1.17 bits per heavy atom. The van der Waals surface area contributed by atoms with E-state index in [2.05, 4.69) is 273 Å². The van der Waals surface area contributed by atoms with Gasteiger partial charge in [0, 0.05) is 33.8 Å². The van der Waals surface area contributed by atoms with Crippen LogP contribution in [0.15, 0.2) is 158 Å². The Morgan fingerprint density at radius 2 is 0.714 bits per heavy atom. The summed E-state index contributed by atoms with van der Waals surface area (Å²) < 4.78 is 0. The van der Waals surface area contributed by atoms with Crippen molar-refractivity contribution in [2.75, 3.05) is 4.90 Å². The van der Waals surface area contributed by atoms with E-state index in [1.807, 2.05) is 0 Å². The topological polar surface area (TPSA) is 3.24 Å². The molecular formula is C69H75N. The Balaban J connectivity index is 1.11. The highest BCUT2D eigenvalue weighted by Gasteiger charge is 2.43. The van der Waals surface area contributed by atoms with Crippen LogP contribution in [-0.4, -0.2) is 0 Å². The maximum absolute atomic E-state index is 2.60. The van der Waals surface area contributed by atoms with Crippen LogP contribution in [0.1, 0.15) is 178 Å². The van der Waals surface area contributed by atoms with Crippen LogP contribution < -0.4 is 4.90 Å². The smallest absolute Gasteiger partial charge is 0.0465 e. The predicted octanol–water partition coefficient (Wildman–Crippen LogP) is 19.3. The van der Waals surface area contributed by atoms with Crippen molar-refractivity contribution in [3.05, 3.63) is 219 Å². The van der Waals surface area contributed by atoms with Gasteiger partial charge in [0.25, 0.3) is 0 Å². The second-order valence-corrected chi connectivity index (χ2v) is 26.0. The summed E-state index contributed by atoms with van der Waals surface area (Å²) in [5.74, 6) is 0.0650. The first kappa shape index (κ1) is 47.5. The molecule has 0 saturated heterocycles. The Hall–Kier alpha value is -6.18. The molecule has 8 aromatic carbocycles. The van der Waals surface area contributed by atoms with Crippen LogP contribution in [0, 0.1) is 0 Å².